The van der Waals surface area contributed by atoms with Crippen LogP contribution in [0.2, 0.25) is 0 Å². The number of esters is 1. The van der Waals surface area contributed by atoms with Gasteiger partial charge in [0.25, 0.3) is 0 Å². The summed E-state index contributed by atoms with van der Waals surface area (Å²) in [7, 11) is 1.45. The van der Waals surface area contributed by atoms with Crippen LogP contribution in [0.25, 0.3) is 0 Å². The van der Waals surface area contributed by atoms with Crippen LogP contribution in [0.5, 0.6) is 0 Å². The van der Waals surface area contributed by atoms with E-state index in [4.69, 9.17) is 5.73 Å². The minimum atomic E-state index is -0.0797. The van der Waals surface area contributed by atoms with Crippen LogP contribution in [0.1, 0.15) is 26.2 Å². The van der Waals surface area contributed by atoms with E-state index in [0.29, 0.717) is 6.42 Å². The number of thioether (sulfide) groups is 1. The zero-order valence-corrected chi connectivity index (χ0v) is 9.73. The molecule has 0 unspecified atom stereocenters. The second-order valence-electron chi connectivity index (χ2n) is 4.25. The van der Waals surface area contributed by atoms with E-state index in [1.54, 1.807) is 0 Å². The summed E-state index contributed by atoms with van der Waals surface area (Å²) in [5.41, 5.74) is 5.90. The summed E-state index contributed by atoms with van der Waals surface area (Å²) in [6, 6.07) is 0.244. The van der Waals surface area contributed by atoms with Gasteiger partial charge in [-0.2, -0.15) is 11.8 Å². The Morgan fingerprint density at radius 1 is 1.64 bits per heavy atom. The van der Waals surface area contributed by atoms with Gasteiger partial charge in [0.2, 0.25) is 0 Å². The van der Waals surface area contributed by atoms with Crippen molar-refractivity contribution in [1.29, 1.82) is 0 Å². The van der Waals surface area contributed by atoms with Crippen molar-refractivity contribution in [2.75, 3.05) is 18.6 Å². The Morgan fingerprint density at radius 2 is 2.29 bits per heavy atom. The van der Waals surface area contributed by atoms with Crippen molar-refractivity contribution in [1.82, 2.24) is 0 Å². The van der Waals surface area contributed by atoms with E-state index < -0.39 is 0 Å². The normalized spacial score (nSPS) is 20.2. The maximum atomic E-state index is 11.1. The molecule has 0 aromatic rings. The molecule has 1 fully saturated rings. The molecule has 0 amide bonds. The molecule has 4 heteroatoms. The van der Waals surface area contributed by atoms with Gasteiger partial charge in [-0.05, 0) is 30.9 Å². The molecule has 1 rings (SSSR count). The number of carbonyl (C=O) groups is 1. The number of hydrogen-bond donors (Lipinski definition) is 1. The molecule has 0 spiro atoms. The van der Waals surface area contributed by atoms with Crippen LogP contribution in [-0.4, -0.2) is 30.6 Å². The summed E-state index contributed by atoms with van der Waals surface area (Å²) in [6.45, 7) is 2.01. The average Bonchev–Trinajstić information content (AvgIpc) is 2.84. The van der Waals surface area contributed by atoms with Crippen LogP contribution < -0.4 is 5.73 Å². The number of nitrogens with two attached hydrogens (primary N) is 1. The van der Waals surface area contributed by atoms with Crippen molar-refractivity contribution in [2.24, 2.45) is 11.1 Å². The summed E-state index contributed by atoms with van der Waals surface area (Å²) < 4.78 is 4.68. The van der Waals surface area contributed by atoms with Crippen LogP contribution in [0.3, 0.4) is 0 Å². The lowest BCUT2D eigenvalue weighted by Crippen LogP contribution is -2.20. The van der Waals surface area contributed by atoms with E-state index in [1.165, 1.54) is 7.11 Å². The molecule has 0 radical (unpaired) electrons. The van der Waals surface area contributed by atoms with Crippen molar-refractivity contribution in [3.05, 3.63) is 0 Å². The van der Waals surface area contributed by atoms with Crippen LogP contribution in [0, 0.1) is 5.41 Å². The first-order chi connectivity index (χ1) is 6.58. The smallest absolute Gasteiger partial charge is 0.306 e. The first kappa shape index (κ1) is 11.9. The lowest BCUT2D eigenvalue weighted by atomic mass is 10.1. The van der Waals surface area contributed by atoms with Gasteiger partial charge in [-0.1, -0.05) is 0 Å². The number of methoxy groups -OCH3 is 1. The Morgan fingerprint density at radius 3 is 2.71 bits per heavy atom. The Labute approximate surface area is 89.8 Å². The van der Waals surface area contributed by atoms with Gasteiger partial charge in [-0.25, -0.2) is 0 Å². The second kappa shape index (κ2) is 5.03. The molecule has 3 nitrogen and oxygen atoms in total. The summed E-state index contributed by atoms with van der Waals surface area (Å²) in [5.74, 6) is 1.94. The molecule has 1 aliphatic rings. The quantitative estimate of drug-likeness (QED) is 0.683. The van der Waals surface area contributed by atoms with Crippen molar-refractivity contribution < 1.29 is 9.53 Å². The zero-order chi connectivity index (χ0) is 10.6. The largest absolute Gasteiger partial charge is 0.469 e. The molecule has 0 bridgehead atoms. The maximum absolute atomic E-state index is 11.1. The highest BCUT2D eigenvalue weighted by atomic mass is 32.2. The summed E-state index contributed by atoms with van der Waals surface area (Å²) in [6.07, 6.45) is 2.90. The van der Waals surface area contributed by atoms with E-state index in [1.807, 2.05) is 18.7 Å². The van der Waals surface area contributed by atoms with Crippen LogP contribution in [0.4, 0.5) is 0 Å². The average molecular weight is 217 g/mol. The Kier molecular flexibility index (Phi) is 4.26. The first-order valence-electron chi connectivity index (χ1n) is 4.98. The lowest BCUT2D eigenvalue weighted by molar-refractivity contribution is -0.141. The standard InChI is InChI=1S/C10H19NO2S/c1-8(11)6-14-7-10(3-4-10)5-9(12)13-2/h8H,3-7,11H2,1-2H3/t8-/m1/s1. The monoisotopic (exact) mass is 217 g/mol. The van der Waals surface area contributed by atoms with E-state index in [0.717, 1.165) is 24.3 Å². The molecular weight excluding hydrogens is 198 g/mol. The van der Waals surface area contributed by atoms with Crippen molar-refractivity contribution in [3.8, 4) is 0 Å². The fraction of sp³-hybridized carbons (Fsp3) is 0.900. The maximum Gasteiger partial charge on any atom is 0.306 e. The van der Waals surface area contributed by atoms with E-state index in [-0.39, 0.29) is 17.4 Å². The molecular formula is C10H19NO2S. The molecule has 1 atom stereocenters. The zero-order valence-electron chi connectivity index (χ0n) is 8.91. The molecule has 14 heavy (non-hydrogen) atoms. The Hall–Kier alpha value is -0.220. The van der Waals surface area contributed by atoms with E-state index in [9.17, 15) is 4.79 Å². The molecule has 0 aromatic heterocycles. The molecule has 82 valence electrons. The third kappa shape index (κ3) is 3.88. The van der Waals surface area contributed by atoms with Gasteiger partial charge in [0.15, 0.2) is 0 Å². The molecule has 0 aromatic carbocycles. The molecule has 0 heterocycles. The van der Waals surface area contributed by atoms with E-state index >= 15 is 0 Å². The van der Waals surface area contributed by atoms with Crippen molar-refractivity contribution in [3.63, 3.8) is 0 Å². The minimum Gasteiger partial charge on any atom is -0.469 e. The first-order valence-corrected chi connectivity index (χ1v) is 6.14. The third-order valence-corrected chi connectivity index (χ3v) is 4.07. The minimum absolute atomic E-state index is 0.0797. The SMILES string of the molecule is COC(=O)CC1(CSC[C@@H](C)N)CC1. The Bertz CT molecular complexity index is 202. The highest BCUT2D eigenvalue weighted by molar-refractivity contribution is 7.99. The van der Waals surface area contributed by atoms with Gasteiger partial charge in [-0.15, -0.1) is 0 Å². The van der Waals surface area contributed by atoms with Crippen molar-refractivity contribution in [2.45, 2.75) is 32.2 Å². The number of hydrogen-bond acceptors (Lipinski definition) is 4. The van der Waals surface area contributed by atoms with Crippen LogP contribution in [0.15, 0.2) is 0 Å². The predicted molar refractivity (Wildman–Crippen MR) is 59.3 cm³/mol. The fourth-order valence-corrected chi connectivity index (χ4v) is 2.70. The Balaban J connectivity index is 2.19. The van der Waals surface area contributed by atoms with Gasteiger partial charge >= 0.3 is 5.97 Å². The van der Waals surface area contributed by atoms with Crippen LogP contribution in [-0.2, 0) is 9.53 Å². The summed E-state index contributed by atoms with van der Waals surface area (Å²) in [5, 5.41) is 0. The molecule has 1 saturated carbocycles. The third-order valence-electron chi connectivity index (χ3n) is 2.49. The van der Waals surface area contributed by atoms with E-state index in [2.05, 4.69) is 4.74 Å². The highest BCUT2D eigenvalue weighted by Gasteiger charge is 2.44. The molecule has 0 saturated heterocycles. The topological polar surface area (TPSA) is 52.3 Å². The molecule has 0 aliphatic heterocycles. The fourth-order valence-electron chi connectivity index (χ4n) is 1.39. The van der Waals surface area contributed by atoms with Gasteiger partial charge in [0.1, 0.15) is 0 Å². The van der Waals surface area contributed by atoms with Gasteiger partial charge in [-0.3, -0.25) is 4.79 Å². The number of rotatable bonds is 6. The molecule has 2 N–H and O–H groups in total. The van der Waals surface area contributed by atoms with Crippen LogP contribution >= 0.6 is 11.8 Å². The summed E-state index contributed by atoms with van der Waals surface area (Å²) in [4.78, 5) is 11.1. The number of ether oxygens (including phenoxy) is 1. The summed E-state index contributed by atoms with van der Waals surface area (Å²) >= 11 is 1.85. The van der Waals surface area contributed by atoms with Gasteiger partial charge in [0, 0.05) is 11.8 Å². The van der Waals surface area contributed by atoms with Crippen molar-refractivity contribution >= 4 is 17.7 Å². The predicted octanol–water partition coefficient (Wildman–Crippen LogP) is 1.41. The highest BCUT2D eigenvalue weighted by Crippen LogP contribution is 2.51. The lowest BCUT2D eigenvalue weighted by Gasteiger charge is -2.13. The second-order valence-corrected chi connectivity index (χ2v) is 5.28. The molecule has 1 aliphatic carbocycles. The van der Waals surface area contributed by atoms with Gasteiger partial charge in [0.05, 0.1) is 13.5 Å². The number of carbonyl (C=O) groups excluding carboxylic acids is 1. The van der Waals surface area contributed by atoms with Gasteiger partial charge < -0.3 is 10.5 Å².